The largest absolute Gasteiger partial charge is 0.496 e. The van der Waals surface area contributed by atoms with Crippen LogP contribution < -0.4 is 18.8 Å². The van der Waals surface area contributed by atoms with Crippen LogP contribution in [0.2, 0.25) is 0 Å². The third-order valence-electron chi connectivity index (χ3n) is 5.06. The van der Waals surface area contributed by atoms with E-state index in [9.17, 15) is 0 Å². The van der Waals surface area contributed by atoms with Crippen molar-refractivity contribution < 1.29 is 18.8 Å². The van der Waals surface area contributed by atoms with Gasteiger partial charge >= 0.3 is 0 Å². The molecule has 0 aliphatic heterocycles. The molecule has 4 heteroatoms. The van der Waals surface area contributed by atoms with E-state index in [1.807, 2.05) is 12.1 Å². The fourth-order valence-corrected chi connectivity index (χ4v) is 3.83. The zero-order valence-corrected chi connectivity index (χ0v) is 15.7. The van der Waals surface area contributed by atoms with Crippen LogP contribution in [0.1, 0.15) is 5.56 Å². The second-order valence-corrected chi connectivity index (χ2v) is 6.51. The zero-order chi connectivity index (χ0) is 18.4. The molecule has 0 aliphatic carbocycles. The fraction of sp³-hybridized carbons (Fsp3) is 0.227. The lowest BCUT2D eigenvalue weighted by atomic mass is 9.99. The van der Waals surface area contributed by atoms with Gasteiger partial charge in [0, 0.05) is 5.39 Å². The molecule has 4 aromatic rings. The first-order valence-corrected chi connectivity index (χ1v) is 8.53. The summed E-state index contributed by atoms with van der Waals surface area (Å²) < 4.78 is 18.8. The number of hydrogen-bond acceptors (Lipinski definition) is 3. The van der Waals surface area contributed by atoms with Gasteiger partial charge in [0.05, 0.1) is 37.5 Å². The molecule has 4 nitrogen and oxygen atoms in total. The molecule has 0 radical (unpaired) electrons. The van der Waals surface area contributed by atoms with E-state index in [1.165, 1.54) is 10.8 Å². The van der Waals surface area contributed by atoms with Gasteiger partial charge in [-0.3, -0.25) is 0 Å². The van der Waals surface area contributed by atoms with E-state index >= 15 is 0 Å². The van der Waals surface area contributed by atoms with E-state index in [1.54, 1.807) is 21.3 Å². The highest BCUT2D eigenvalue weighted by atomic mass is 16.5. The molecule has 0 atom stereocenters. The SMILES string of the molecule is COc1cc2ccc3c4ccc(C)c(OC)c4c[n+](C)c3c2cc1OC. The Morgan fingerprint density at radius 3 is 2.12 bits per heavy atom. The Hall–Kier alpha value is -3.01. The number of methoxy groups -OCH3 is 3. The first kappa shape index (κ1) is 16.5. The van der Waals surface area contributed by atoms with Gasteiger partial charge in [0.1, 0.15) is 12.8 Å². The Morgan fingerprint density at radius 2 is 1.42 bits per heavy atom. The Balaban J connectivity index is 2.20. The number of aryl methyl sites for hydroxylation is 2. The van der Waals surface area contributed by atoms with Crippen LogP contribution in [0.15, 0.2) is 42.6 Å². The average molecular weight is 348 g/mol. The monoisotopic (exact) mass is 348 g/mol. The number of fused-ring (bicyclic) bond motifs is 5. The lowest BCUT2D eigenvalue weighted by Crippen LogP contribution is -2.28. The number of aromatic nitrogens is 1. The smallest absolute Gasteiger partial charge is 0.220 e. The molecule has 0 saturated carbocycles. The van der Waals surface area contributed by atoms with Gasteiger partial charge in [-0.2, -0.15) is 4.57 Å². The minimum absolute atomic E-state index is 0.731. The fourth-order valence-electron chi connectivity index (χ4n) is 3.83. The molecule has 1 aromatic heterocycles. The van der Waals surface area contributed by atoms with Crippen molar-refractivity contribution in [1.82, 2.24) is 0 Å². The molecule has 0 bridgehead atoms. The molecule has 0 N–H and O–H groups in total. The molecule has 1 heterocycles. The average Bonchev–Trinajstić information content (AvgIpc) is 2.66. The quantitative estimate of drug-likeness (QED) is 0.408. The Kier molecular flexibility index (Phi) is 3.83. The van der Waals surface area contributed by atoms with Crippen molar-refractivity contribution in [3.8, 4) is 17.2 Å². The Labute approximate surface area is 152 Å². The van der Waals surface area contributed by atoms with Crippen LogP contribution in [0.3, 0.4) is 0 Å². The van der Waals surface area contributed by atoms with E-state index in [-0.39, 0.29) is 0 Å². The maximum atomic E-state index is 5.67. The van der Waals surface area contributed by atoms with Gasteiger partial charge in [0.25, 0.3) is 0 Å². The molecule has 4 rings (SSSR count). The summed E-state index contributed by atoms with van der Waals surface area (Å²) in [5.41, 5.74) is 2.29. The predicted molar refractivity (Wildman–Crippen MR) is 105 cm³/mol. The van der Waals surface area contributed by atoms with E-state index in [0.29, 0.717) is 0 Å². The molecule has 0 amide bonds. The lowest BCUT2D eigenvalue weighted by Gasteiger charge is -2.12. The highest BCUT2D eigenvalue weighted by Gasteiger charge is 2.19. The summed E-state index contributed by atoms with van der Waals surface area (Å²) in [5, 5.41) is 5.72. The van der Waals surface area contributed by atoms with Gasteiger partial charge in [-0.05, 0) is 36.1 Å². The third-order valence-corrected chi connectivity index (χ3v) is 5.06. The summed E-state index contributed by atoms with van der Waals surface area (Å²) >= 11 is 0. The minimum Gasteiger partial charge on any atom is -0.496 e. The number of rotatable bonds is 3. The second-order valence-electron chi connectivity index (χ2n) is 6.51. The normalized spacial score (nSPS) is 11.3. The molecular weight excluding hydrogens is 326 g/mol. The first-order valence-electron chi connectivity index (χ1n) is 8.53. The summed E-state index contributed by atoms with van der Waals surface area (Å²) in [6.07, 6.45) is 2.14. The number of ether oxygens (including phenoxy) is 3. The van der Waals surface area contributed by atoms with Crippen LogP contribution in [0, 0.1) is 6.92 Å². The summed E-state index contributed by atoms with van der Waals surface area (Å²) in [5.74, 6) is 2.39. The molecule has 0 saturated heterocycles. The topological polar surface area (TPSA) is 31.6 Å². The van der Waals surface area contributed by atoms with Gasteiger partial charge in [-0.25, -0.2) is 0 Å². The highest BCUT2D eigenvalue weighted by Crippen LogP contribution is 2.38. The van der Waals surface area contributed by atoms with Crippen LogP contribution in [0.4, 0.5) is 0 Å². The van der Waals surface area contributed by atoms with E-state index in [4.69, 9.17) is 14.2 Å². The maximum absolute atomic E-state index is 5.67. The summed E-state index contributed by atoms with van der Waals surface area (Å²) in [6, 6.07) is 12.6. The summed E-state index contributed by atoms with van der Waals surface area (Å²) in [6.45, 7) is 2.07. The maximum Gasteiger partial charge on any atom is 0.220 e. The minimum atomic E-state index is 0.731. The predicted octanol–water partition coefficient (Wildman–Crippen LogP) is 4.30. The van der Waals surface area contributed by atoms with Gasteiger partial charge in [0.15, 0.2) is 17.7 Å². The van der Waals surface area contributed by atoms with Gasteiger partial charge < -0.3 is 14.2 Å². The standard InChI is InChI=1S/C22H22NO3/c1-13-6-8-15-16-9-7-14-10-19(24-3)20(25-4)11-17(14)21(16)23(2)12-18(15)22(13)26-5/h6-12H,1-5H3/q+1. The second kappa shape index (κ2) is 6.06. The Morgan fingerprint density at radius 1 is 0.731 bits per heavy atom. The summed E-state index contributed by atoms with van der Waals surface area (Å²) in [7, 11) is 7.12. The lowest BCUT2D eigenvalue weighted by molar-refractivity contribution is -0.642. The van der Waals surface area contributed by atoms with Crippen molar-refractivity contribution in [1.29, 1.82) is 0 Å². The van der Waals surface area contributed by atoms with Crippen LogP contribution in [0.25, 0.3) is 32.4 Å². The van der Waals surface area contributed by atoms with E-state index in [2.05, 4.69) is 49.0 Å². The molecule has 0 spiro atoms. The number of benzene rings is 3. The molecule has 0 aliphatic rings. The first-order chi connectivity index (χ1) is 12.6. The highest BCUT2D eigenvalue weighted by molar-refractivity contribution is 6.15. The molecule has 0 fully saturated rings. The third kappa shape index (κ3) is 2.25. The molecular formula is C22H22NO3+. The van der Waals surface area contributed by atoms with Crippen LogP contribution in [-0.2, 0) is 7.05 Å². The molecule has 3 aromatic carbocycles. The van der Waals surface area contributed by atoms with E-state index < -0.39 is 0 Å². The van der Waals surface area contributed by atoms with Crippen molar-refractivity contribution >= 4 is 32.4 Å². The van der Waals surface area contributed by atoms with E-state index in [0.717, 1.165) is 44.5 Å². The van der Waals surface area contributed by atoms with Crippen molar-refractivity contribution in [2.45, 2.75) is 6.92 Å². The van der Waals surface area contributed by atoms with Gasteiger partial charge in [0.2, 0.25) is 5.52 Å². The van der Waals surface area contributed by atoms with Crippen LogP contribution in [0.5, 0.6) is 17.2 Å². The van der Waals surface area contributed by atoms with Gasteiger partial charge in [-0.15, -0.1) is 0 Å². The van der Waals surface area contributed by atoms with Crippen molar-refractivity contribution in [2.75, 3.05) is 21.3 Å². The molecule has 0 unspecified atom stereocenters. The van der Waals surface area contributed by atoms with Crippen molar-refractivity contribution in [3.63, 3.8) is 0 Å². The van der Waals surface area contributed by atoms with Crippen molar-refractivity contribution in [3.05, 3.63) is 48.2 Å². The van der Waals surface area contributed by atoms with Crippen LogP contribution >= 0.6 is 0 Å². The summed E-state index contributed by atoms with van der Waals surface area (Å²) in [4.78, 5) is 0. The van der Waals surface area contributed by atoms with Crippen molar-refractivity contribution in [2.24, 2.45) is 7.05 Å². The zero-order valence-electron chi connectivity index (χ0n) is 15.7. The van der Waals surface area contributed by atoms with Gasteiger partial charge in [-0.1, -0.05) is 18.2 Å². The number of nitrogens with zero attached hydrogens (tertiary/aromatic N) is 1. The van der Waals surface area contributed by atoms with Crippen LogP contribution in [-0.4, -0.2) is 21.3 Å². The number of hydrogen-bond donors (Lipinski definition) is 0. The molecule has 132 valence electrons. The Bertz CT molecular complexity index is 1170. The molecule has 26 heavy (non-hydrogen) atoms. The number of pyridine rings is 1.